The second kappa shape index (κ2) is 5.00. The number of benzene rings is 1. The molecule has 3 rings (SSSR count). The molecule has 108 valence electrons. The number of nitro benzene ring substituents is 1. The van der Waals surface area contributed by atoms with Crippen LogP contribution in [0.25, 0.3) is 0 Å². The molecule has 2 fully saturated rings. The van der Waals surface area contributed by atoms with Crippen LogP contribution >= 0.6 is 15.9 Å². The van der Waals surface area contributed by atoms with Crippen molar-refractivity contribution in [3.63, 3.8) is 0 Å². The maximum absolute atomic E-state index is 11.1. The SMILES string of the molecule is NC1CC(Oc2c(Br)cccc2[N+](=O)[O-])C12CCCC2. The molecule has 1 aromatic carbocycles. The molecule has 0 aromatic heterocycles. The van der Waals surface area contributed by atoms with Crippen LogP contribution in [0, 0.1) is 15.5 Å². The number of nitrogens with zero attached hydrogens (tertiary/aromatic N) is 1. The third-order valence-corrected chi connectivity index (χ3v) is 5.41. The largest absolute Gasteiger partial charge is 0.482 e. The molecule has 2 saturated carbocycles. The van der Waals surface area contributed by atoms with Crippen LogP contribution in [0.1, 0.15) is 32.1 Å². The number of nitrogens with two attached hydrogens (primary N) is 1. The van der Waals surface area contributed by atoms with E-state index in [1.807, 2.05) is 0 Å². The van der Waals surface area contributed by atoms with Gasteiger partial charge in [0.25, 0.3) is 0 Å². The van der Waals surface area contributed by atoms with E-state index in [0.29, 0.717) is 10.2 Å². The monoisotopic (exact) mass is 340 g/mol. The van der Waals surface area contributed by atoms with Crippen LogP contribution in [-0.4, -0.2) is 17.1 Å². The summed E-state index contributed by atoms with van der Waals surface area (Å²) in [6.45, 7) is 0. The number of hydrogen-bond acceptors (Lipinski definition) is 4. The summed E-state index contributed by atoms with van der Waals surface area (Å²) in [6.07, 6.45) is 5.25. The van der Waals surface area contributed by atoms with Crippen molar-refractivity contribution in [2.75, 3.05) is 0 Å². The highest BCUT2D eigenvalue weighted by atomic mass is 79.9. The molecular weight excluding hydrogens is 324 g/mol. The maximum Gasteiger partial charge on any atom is 0.312 e. The summed E-state index contributed by atoms with van der Waals surface area (Å²) in [5.74, 6) is 0.334. The molecule has 20 heavy (non-hydrogen) atoms. The zero-order valence-corrected chi connectivity index (χ0v) is 12.6. The lowest BCUT2D eigenvalue weighted by Gasteiger charge is -2.52. The average molecular weight is 341 g/mol. The van der Waals surface area contributed by atoms with Crippen molar-refractivity contribution in [2.45, 2.75) is 44.2 Å². The quantitative estimate of drug-likeness (QED) is 0.675. The normalized spacial score (nSPS) is 27.3. The van der Waals surface area contributed by atoms with Gasteiger partial charge in [-0.15, -0.1) is 0 Å². The van der Waals surface area contributed by atoms with Gasteiger partial charge in [0.2, 0.25) is 5.75 Å². The highest BCUT2D eigenvalue weighted by molar-refractivity contribution is 9.10. The first-order valence-corrected chi connectivity index (χ1v) is 7.69. The smallest absolute Gasteiger partial charge is 0.312 e. The van der Waals surface area contributed by atoms with Crippen molar-refractivity contribution in [3.8, 4) is 5.75 Å². The van der Waals surface area contributed by atoms with Crippen LogP contribution in [0.2, 0.25) is 0 Å². The summed E-state index contributed by atoms with van der Waals surface area (Å²) >= 11 is 3.35. The first-order valence-electron chi connectivity index (χ1n) is 6.90. The van der Waals surface area contributed by atoms with Crippen molar-refractivity contribution in [1.82, 2.24) is 0 Å². The van der Waals surface area contributed by atoms with E-state index in [9.17, 15) is 10.1 Å². The Kier molecular flexibility index (Phi) is 3.46. The number of halogens is 1. The van der Waals surface area contributed by atoms with Gasteiger partial charge in [0.1, 0.15) is 6.10 Å². The molecule has 0 radical (unpaired) electrons. The Bertz CT molecular complexity index is 543. The molecule has 5 nitrogen and oxygen atoms in total. The van der Waals surface area contributed by atoms with Gasteiger partial charge >= 0.3 is 5.69 Å². The van der Waals surface area contributed by atoms with Gasteiger partial charge < -0.3 is 10.5 Å². The predicted octanol–water partition coefficient (Wildman–Crippen LogP) is 3.40. The highest BCUT2D eigenvalue weighted by Crippen LogP contribution is 2.54. The van der Waals surface area contributed by atoms with Gasteiger partial charge in [0.15, 0.2) is 0 Å². The van der Waals surface area contributed by atoms with E-state index < -0.39 is 4.92 Å². The van der Waals surface area contributed by atoms with Crippen molar-refractivity contribution >= 4 is 21.6 Å². The Balaban J connectivity index is 1.87. The van der Waals surface area contributed by atoms with E-state index in [-0.39, 0.29) is 23.2 Å². The van der Waals surface area contributed by atoms with E-state index in [4.69, 9.17) is 10.5 Å². The lowest BCUT2D eigenvalue weighted by atomic mass is 9.61. The zero-order chi connectivity index (χ0) is 14.3. The van der Waals surface area contributed by atoms with E-state index in [0.717, 1.165) is 19.3 Å². The molecule has 6 heteroatoms. The first kappa shape index (κ1) is 13.8. The molecule has 2 unspecified atom stereocenters. The summed E-state index contributed by atoms with van der Waals surface area (Å²) < 4.78 is 6.64. The summed E-state index contributed by atoms with van der Waals surface area (Å²) in [7, 11) is 0. The van der Waals surface area contributed by atoms with Crippen LogP contribution in [0.3, 0.4) is 0 Å². The zero-order valence-electron chi connectivity index (χ0n) is 11.0. The van der Waals surface area contributed by atoms with Gasteiger partial charge in [-0.2, -0.15) is 0 Å². The number of nitro groups is 1. The Morgan fingerprint density at radius 3 is 2.70 bits per heavy atom. The molecule has 0 saturated heterocycles. The second-order valence-corrected chi connectivity index (χ2v) is 6.59. The summed E-state index contributed by atoms with van der Waals surface area (Å²) in [5.41, 5.74) is 6.21. The Hall–Kier alpha value is -1.14. The molecule has 2 aliphatic carbocycles. The lowest BCUT2D eigenvalue weighted by Crippen LogP contribution is -2.62. The number of rotatable bonds is 3. The van der Waals surface area contributed by atoms with Gasteiger partial charge in [-0.05, 0) is 34.8 Å². The van der Waals surface area contributed by atoms with Gasteiger partial charge in [-0.1, -0.05) is 18.9 Å². The fraction of sp³-hybridized carbons (Fsp3) is 0.571. The Morgan fingerprint density at radius 1 is 1.40 bits per heavy atom. The molecule has 1 spiro atoms. The predicted molar refractivity (Wildman–Crippen MR) is 78.7 cm³/mol. The molecule has 0 heterocycles. The van der Waals surface area contributed by atoms with Gasteiger partial charge in [0.05, 0.1) is 9.40 Å². The fourth-order valence-corrected chi connectivity index (χ4v) is 4.02. The van der Waals surface area contributed by atoms with Gasteiger partial charge in [-0.3, -0.25) is 10.1 Å². The molecule has 0 amide bonds. The summed E-state index contributed by atoms with van der Waals surface area (Å²) in [4.78, 5) is 10.7. The van der Waals surface area contributed by atoms with Crippen LogP contribution in [0.4, 0.5) is 5.69 Å². The van der Waals surface area contributed by atoms with Crippen LogP contribution < -0.4 is 10.5 Å². The third-order valence-electron chi connectivity index (χ3n) is 4.79. The summed E-state index contributed by atoms with van der Waals surface area (Å²) in [5, 5.41) is 11.1. The minimum atomic E-state index is -0.403. The third kappa shape index (κ3) is 2.02. The minimum Gasteiger partial charge on any atom is -0.482 e. The molecule has 2 N–H and O–H groups in total. The first-order chi connectivity index (χ1) is 9.54. The topological polar surface area (TPSA) is 78.4 Å². The molecule has 0 aliphatic heterocycles. The fourth-order valence-electron chi connectivity index (χ4n) is 3.57. The van der Waals surface area contributed by atoms with Gasteiger partial charge in [-0.25, -0.2) is 0 Å². The van der Waals surface area contributed by atoms with Gasteiger partial charge in [0, 0.05) is 23.9 Å². The summed E-state index contributed by atoms with van der Waals surface area (Å²) in [6, 6.07) is 5.05. The Morgan fingerprint density at radius 2 is 2.10 bits per heavy atom. The van der Waals surface area contributed by atoms with Crippen LogP contribution in [0.5, 0.6) is 5.75 Å². The second-order valence-electron chi connectivity index (χ2n) is 5.73. The molecular formula is C14H17BrN2O3. The van der Waals surface area contributed by atoms with E-state index in [2.05, 4.69) is 15.9 Å². The van der Waals surface area contributed by atoms with Crippen molar-refractivity contribution in [1.29, 1.82) is 0 Å². The lowest BCUT2D eigenvalue weighted by molar-refractivity contribution is -0.386. The highest BCUT2D eigenvalue weighted by Gasteiger charge is 2.56. The van der Waals surface area contributed by atoms with E-state index in [1.54, 1.807) is 12.1 Å². The minimum absolute atomic E-state index is 0.00241. The molecule has 1 aromatic rings. The van der Waals surface area contributed by atoms with Crippen molar-refractivity contribution in [2.24, 2.45) is 11.1 Å². The van der Waals surface area contributed by atoms with Crippen molar-refractivity contribution in [3.05, 3.63) is 32.8 Å². The average Bonchev–Trinajstić information content (AvgIpc) is 2.92. The number of para-hydroxylation sites is 1. The maximum atomic E-state index is 11.1. The molecule has 2 aliphatic rings. The Labute approximate surface area is 125 Å². The van der Waals surface area contributed by atoms with E-state index in [1.165, 1.54) is 18.9 Å². The number of hydrogen-bond donors (Lipinski definition) is 1. The van der Waals surface area contributed by atoms with E-state index >= 15 is 0 Å². The van der Waals surface area contributed by atoms with Crippen LogP contribution in [0.15, 0.2) is 22.7 Å². The molecule has 2 atom stereocenters. The standard InChI is InChI=1S/C14H17BrN2O3/c15-9-4-3-5-10(17(18)19)13(9)20-12-8-11(16)14(12)6-1-2-7-14/h3-5,11-12H,1-2,6-8,16H2. The van der Waals surface area contributed by atoms with Crippen LogP contribution in [-0.2, 0) is 0 Å². The molecule has 0 bridgehead atoms. The number of ether oxygens (including phenoxy) is 1. The van der Waals surface area contributed by atoms with Crippen molar-refractivity contribution < 1.29 is 9.66 Å².